The second-order valence-corrected chi connectivity index (χ2v) is 8.05. The topological polar surface area (TPSA) is 63.4 Å². The highest BCUT2D eigenvalue weighted by molar-refractivity contribution is 7.10. The maximum Gasteiger partial charge on any atom is 0.227 e. The van der Waals surface area contributed by atoms with Crippen LogP contribution in [0.2, 0.25) is 0 Å². The predicted molar refractivity (Wildman–Crippen MR) is 108 cm³/mol. The fourth-order valence-corrected chi connectivity index (χ4v) is 4.34. The number of carbonyl (C=O) groups is 1. The first-order valence-electron chi connectivity index (χ1n) is 9.33. The second kappa shape index (κ2) is 7.16. The molecule has 1 aliphatic rings. The Morgan fingerprint density at radius 3 is 2.96 bits per heavy atom. The minimum absolute atomic E-state index is 0.188. The van der Waals surface area contributed by atoms with E-state index in [2.05, 4.69) is 4.98 Å². The molecule has 0 saturated carbocycles. The van der Waals surface area contributed by atoms with Crippen molar-refractivity contribution in [3.63, 3.8) is 0 Å². The summed E-state index contributed by atoms with van der Waals surface area (Å²) in [5.41, 5.74) is 2.93. The quantitative estimate of drug-likeness (QED) is 0.537. The Kier molecular flexibility index (Phi) is 4.37. The molecule has 5 heterocycles. The van der Waals surface area contributed by atoms with E-state index in [-0.39, 0.29) is 11.8 Å². The Bertz CT molecular complexity index is 1110. The molecule has 6 nitrogen and oxygen atoms in total. The van der Waals surface area contributed by atoms with Crippen LogP contribution in [-0.2, 0) is 11.2 Å². The summed E-state index contributed by atoms with van der Waals surface area (Å²) in [5.74, 6) is 1.19. The lowest BCUT2D eigenvalue weighted by molar-refractivity contribution is -0.129. The van der Waals surface area contributed by atoms with Gasteiger partial charge in [0.1, 0.15) is 0 Å². The lowest BCUT2D eigenvalue weighted by Crippen LogP contribution is -2.29. The number of likely N-dealkylation sites (tertiary alicyclic amines) is 1. The molecule has 5 rings (SSSR count). The maximum atomic E-state index is 12.5. The Morgan fingerprint density at radius 1 is 1.18 bits per heavy atom. The van der Waals surface area contributed by atoms with Crippen molar-refractivity contribution >= 4 is 22.9 Å². The van der Waals surface area contributed by atoms with Gasteiger partial charge in [0.25, 0.3) is 0 Å². The average molecular weight is 389 g/mol. The van der Waals surface area contributed by atoms with Crippen molar-refractivity contribution in [1.29, 1.82) is 0 Å². The van der Waals surface area contributed by atoms with Crippen molar-refractivity contribution in [2.24, 2.45) is 0 Å². The zero-order valence-corrected chi connectivity index (χ0v) is 16.0. The number of carbonyl (C=O) groups excluding carboxylic acids is 1. The fraction of sp³-hybridized carbons (Fsp3) is 0.238. The highest BCUT2D eigenvalue weighted by atomic mass is 32.1. The summed E-state index contributed by atoms with van der Waals surface area (Å²) in [6, 6.07) is 12.0. The number of aromatic nitrogens is 4. The van der Waals surface area contributed by atoms with E-state index < -0.39 is 0 Å². The fourth-order valence-electron chi connectivity index (χ4n) is 3.65. The third kappa shape index (κ3) is 3.29. The van der Waals surface area contributed by atoms with Crippen molar-refractivity contribution in [1.82, 2.24) is 24.5 Å². The summed E-state index contributed by atoms with van der Waals surface area (Å²) in [5, 5.41) is 6.71. The van der Waals surface area contributed by atoms with Crippen LogP contribution in [0.15, 0.2) is 60.4 Å². The number of amides is 1. The zero-order valence-electron chi connectivity index (χ0n) is 15.2. The van der Waals surface area contributed by atoms with Crippen molar-refractivity contribution < 1.29 is 4.79 Å². The first kappa shape index (κ1) is 17.1. The lowest BCUT2D eigenvalue weighted by atomic mass is 10.1. The molecule has 1 amide bonds. The third-order valence-electron chi connectivity index (χ3n) is 5.15. The number of thiophene rings is 1. The van der Waals surface area contributed by atoms with E-state index in [0.717, 1.165) is 40.4 Å². The van der Waals surface area contributed by atoms with Crippen LogP contribution in [0.4, 0.5) is 0 Å². The van der Waals surface area contributed by atoms with E-state index in [1.807, 2.05) is 63.6 Å². The molecule has 1 saturated heterocycles. The first-order chi connectivity index (χ1) is 13.8. The number of hydrogen-bond donors (Lipinski definition) is 0. The normalized spacial score (nSPS) is 16.7. The Balaban J connectivity index is 1.33. The van der Waals surface area contributed by atoms with Crippen LogP contribution in [0.25, 0.3) is 16.8 Å². The molecule has 1 fully saturated rings. The second-order valence-electron chi connectivity index (χ2n) is 7.01. The molecule has 4 aromatic heterocycles. The molecule has 7 heteroatoms. The van der Waals surface area contributed by atoms with Crippen LogP contribution in [0, 0.1) is 0 Å². The smallest absolute Gasteiger partial charge is 0.227 e. The summed E-state index contributed by atoms with van der Waals surface area (Å²) in [7, 11) is 0. The van der Waals surface area contributed by atoms with Crippen LogP contribution < -0.4 is 0 Å². The van der Waals surface area contributed by atoms with Gasteiger partial charge in [0.2, 0.25) is 5.91 Å². The molecule has 0 bridgehead atoms. The van der Waals surface area contributed by atoms with Gasteiger partial charge in [-0.15, -0.1) is 11.3 Å². The number of rotatable bonds is 4. The van der Waals surface area contributed by atoms with Gasteiger partial charge < -0.3 is 4.90 Å². The van der Waals surface area contributed by atoms with Gasteiger partial charge in [0.15, 0.2) is 11.5 Å². The zero-order chi connectivity index (χ0) is 18.9. The maximum absolute atomic E-state index is 12.5. The van der Waals surface area contributed by atoms with Crippen molar-refractivity contribution in [3.8, 4) is 11.1 Å². The van der Waals surface area contributed by atoms with Gasteiger partial charge in [-0.2, -0.15) is 5.10 Å². The molecule has 0 spiro atoms. The largest absolute Gasteiger partial charge is 0.342 e. The van der Waals surface area contributed by atoms with E-state index in [9.17, 15) is 4.79 Å². The van der Waals surface area contributed by atoms with Crippen LogP contribution >= 0.6 is 11.3 Å². The Morgan fingerprint density at radius 2 is 2.14 bits per heavy atom. The molecule has 0 aromatic carbocycles. The highest BCUT2D eigenvalue weighted by Crippen LogP contribution is 2.27. The molecule has 4 aromatic rings. The van der Waals surface area contributed by atoms with E-state index in [4.69, 9.17) is 10.1 Å². The predicted octanol–water partition coefficient (Wildman–Crippen LogP) is 3.41. The molecule has 1 atom stereocenters. The van der Waals surface area contributed by atoms with Gasteiger partial charge in [-0.05, 0) is 36.1 Å². The summed E-state index contributed by atoms with van der Waals surface area (Å²) in [6.45, 7) is 1.46. The highest BCUT2D eigenvalue weighted by Gasteiger charge is 2.30. The van der Waals surface area contributed by atoms with Crippen molar-refractivity contribution in [3.05, 3.63) is 71.1 Å². The monoisotopic (exact) mass is 389 g/mol. The number of fused-ring (bicyclic) bond motifs is 1. The SMILES string of the molecule is O=C(Cc1cccs1)N1CCC(c2nc3ccc(-c4cccnc4)cn3n2)C1. The minimum atomic E-state index is 0.188. The Labute approximate surface area is 166 Å². The summed E-state index contributed by atoms with van der Waals surface area (Å²) in [4.78, 5) is 24.5. The molecule has 0 aliphatic carbocycles. The number of pyridine rings is 2. The van der Waals surface area contributed by atoms with E-state index in [0.29, 0.717) is 13.0 Å². The van der Waals surface area contributed by atoms with Gasteiger partial charge in [-0.3, -0.25) is 9.78 Å². The molecule has 0 radical (unpaired) electrons. The van der Waals surface area contributed by atoms with E-state index in [1.165, 1.54) is 0 Å². The minimum Gasteiger partial charge on any atom is -0.342 e. The molecule has 1 aliphatic heterocycles. The lowest BCUT2D eigenvalue weighted by Gasteiger charge is -2.15. The van der Waals surface area contributed by atoms with Crippen LogP contribution in [0.3, 0.4) is 0 Å². The van der Waals surface area contributed by atoms with Gasteiger partial charge in [-0.1, -0.05) is 12.1 Å². The number of nitrogens with zero attached hydrogens (tertiary/aromatic N) is 5. The van der Waals surface area contributed by atoms with Gasteiger partial charge in [-0.25, -0.2) is 9.50 Å². The van der Waals surface area contributed by atoms with Crippen molar-refractivity contribution in [2.75, 3.05) is 13.1 Å². The average Bonchev–Trinajstić information content (AvgIpc) is 3.47. The first-order valence-corrected chi connectivity index (χ1v) is 10.2. The summed E-state index contributed by atoms with van der Waals surface area (Å²) < 4.78 is 1.83. The third-order valence-corrected chi connectivity index (χ3v) is 6.03. The van der Waals surface area contributed by atoms with Gasteiger partial charge in [0, 0.05) is 53.6 Å². The number of hydrogen-bond acceptors (Lipinski definition) is 5. The standard InChI is InChI=1S/C21H19N5OS/c27-20(11-18-4-2-10-28-18)25-9-7-17(13-25)21-23-19-6-5-16(14-26(19)24-21)15-3-1-8-22-12-15/h1-6,8,10,12,14,17H,7,9,11,13H2. The van der Waals surface area contributed by atoms with Crippen LogP contribution in [0.5, 0.6) is 0 Å². The van der Waals surface area contributed by atoms with Crippen molar-refractivity contribution in [2.45, 2.75) is 18.8 Å². The van der Waals surface area contributed by atoms with Crippen LogP contribution in [-0.4, -0.2) is 43.5 Å². The van der Waals surface area contributed by atoms with E-state index in [1.54, 1.807) is 17.5 Å². The van der Waals surface area contributed by atoms with Crippen LogP contribution in [0.1, 0.15) is 23.0 Å². The van der Waals surface area contributed by atoms with Gasteiger partial charge in [0.05, 0.1) is 6.42 Å². The Hall–Kier alpha value is -3.06. The molecule has 140 valence electrons. The molecular formula is C21H19N5OS. The van der Waals surface area contributed by atoms with Gasteiger partial charge >= 0.3 is 0 Å². The van der Waals surface area contributed by atoms with E-state index >= 15 is 0 Å². The summed E-state index contributed by atoms with van der Waals surface area (Å²) >= 11 is 1.63. The summed E-state index contributed by atoms with van der Waals surface area (Å²) in [6.07, 6.45) is 6.98. The molecular weight excluding hydrogens is 370 g/mol. The molecule has 1 unspecified atom stereocenters. The molecule has 0 N–H and O–H groups in total. The molecule has 28 heavy (non-hydrogen) atoms.